The average molecular weight is 481 g/mol. The van der Waals surface area contributed by atoms with E-state index in [1.807, 2.05) is 0 Å². The van der Waals surface area contributed by atoms with Crippen LogP contribution in [0.25, 0.3) is 0 Å². The molecular formula is C23H26Cl2N2O5. The van der Waals surface area contributed by atoms with Gasteiger partial charge in [-0.3, -0.25) is 9.59 Å². The lowest BCUT2D eigenvalue weighted by atomic mass is 9.96. The van der Waals surface area contributed by atoms with Crippen LogP contribution in [0.15, 0.2) is 36.4 Å². The zero-order chi connectivity index (χ0) is 23.1. The summed E-state index contributed by atoms with van der Waals surface area (Å²) in [6, 6.07) is 9.94. The number of piperidine rings is 1. The number of carbonyl (C=O) groups is 2. The van der Waals surface area contributed by atoms with Crippen LogP contribution in [0.4, 0.5) is 0 Å². The molecule has 1 heterocycles. The van der Waals surface area contributed by atoms with Gasteiger partial charge in [-0.05, 0) is 55.2 Å². The largest absolute Gasteiger partial charge is 0.493 e. The second-order valence-corrected chi connectivity index (χ2v) is 8.31. The molecule has 7 nitrogen and oxygen atoms in total. The number of likely N-dealkylation sites (tertiary alicyclic amines) is 1. The monoisotopic (exact) mass is 480 g/mol. The van der Waals surface area contributed by atoms with Crippen LogP contribution in [-0.4, -0.2) is 57.2 Å². The molecular weight excluding hydrogens is 455 g/mol. The Balaban J connectivity index is 1.42. The fourth-order valence-corrected chi connectivity index (χ4v) is 3.99. The molecule has 0 bridgehead atoms. The second-order valence-electron chi connectivity index (χ2n) is 7.47. The maximum atomic E-state index is 12.5. The topological polar surface area (TPSA) is 77.1 Å². The molecule has 1 fully saturated rings. The van der Waals surface area contributed by atoms with Gasteiger partial charge in [0, 0.05) is 30.2 Å². The van der Waals surface area contributed by atoms with Gasteiger partial charge < -0.3 is 24.4 Å². The highest BCUT2D eigenvalue weighted by atomic mass is 35.5. The Morgan fingerprint density at radius 3 is 2.34 bits per heavy atom. The summed E-state index contributed by atoms with van der Waals surface area (Å²) in [4.78, 5) is 26.7. The van der Waals surface area contributed by atoms with E-state index in [2.05, 4.69) is 5.32 Å². The van der Waals surface area contributed by atoms with E-state index in [1.54, 1.807) is 48.4 Å². The van der Waals surface area contributed by atoms with E-state index in [0.717, 1.165) is 12.8 Å². The molecule has 2 amide bonds. The minimum absolute atomic E-state index is 0.0813. The zero-order valence-electron chi connectivity index (χ0n) is 18.0. The van der Waals surface area contributed by atoms with Crippen LogP contribution < -0.4 is 19.5 Å². The molecule has 1 N–H and O–H groups in total. The van der Waals surface area contributed by atoms with Crippen molar-refractivity contribution in [1.29, 1.82) is 0 Å². The Hall–Kier alpha value is -2.64. The minimum atomic E-state index is -0.169. The highest BCUT2D eigenvalue weighted by molar-refractivity contribution is 6.35. The van der Waals surface area contributed by atoms with Crippen molar-refractivity contribution in [3.8, 4) is 17.2 Å². The summed E-state index contributed by atoms with van der Waals surface area (Å²) in [5, 5.41) is 3.85. The van der Waals surface area contributed by atoms with E-state index in [9.17, 15) is 9.59 Å². The third-order valence-electron chi connectivity index (χ3n) is 5.41. The van der Waals surface area contributed by atoms with Gasteiger partial charge in [0.25, 0.3) is 11.8 Å². The predicted octanol–water partition coefficient (Wildman–Crippen LogP) is 4.06. The summed E-state index contributed by atoms with van der Waals surface area (Å²) in [7, 11) is 3.08. The van der Waals surface area contributed by atoms with Gasteiger partial charge in [0.2, 0.25) is 0 Å². The number of benzene rings is 2. The van der Waals surface area contributed by atoms with E-state index in [4.69, 9.17) is 37.4 Å². The molecule has 1 saturated heterocycles. The molecule has 0 aromatic heterocycles. The van der Waals surface area contributed by atoms with E-state index in [-0.39, 0.29) is 18.4 Å². The molecule has 1 aliphatic heterocycles. The van der Waals surface area contributed by atoms with Crippen molar-refractivity contribution in [2.75, 3.05) is 40.5 Å². The molecule has 2 aromatic rings. The van der Waals surface area contributed by atoms with Gasteiger partial charge in [0.05, 0.1) is 19.2 Å². The lowest BCUT2D eigenvalue weighted by Crippen LogP contribution is -2.43. The number of carbonyl (C=O) groups excluding carboxylic acids is 2. The molecule has 0 radical (unpaired) electrons. The summed E-state index contributed by atoms with van der Waals surface area (Å²) in [6.45, 7) is 1.70. The smallest absolute Gasteiger partial charge is 0.260 e. The highest BCUT2D eigenvalue weighted by Gasteiger charge is 2.24. The lowest BCUT2D eigenvalue weighted by Gasteiger charge is -2.32. The van der Waals surface area contributed by atoms with E-state index < -0.39 is 0 Å². The quantitative estimate of drug-likeness (QED) is 0.616. The maximum absolute atomic E-state index is 12.5. The van der Waals surface area contributed by atoms with Crippen LogP contribution in [0, 0.1) is 5.92 Å². The first kappa shape index (κ1) is 24.0. The number of ether oxygens (including phenoxy) is 3. The van der Waals surface area contributed by atoms with Gasteiger partial charge in [-0.2, -0.15) is 0 Å². The van der Waals surface area contributed by atoms with Crippen molar-refractivity contribution < 1.29 is 23.8 Å². The van der Waals surface area contributed by atoms with Crippen molar-refractivity contribution >= 4 is 35.0 Å². The standard InChI is InChI=1S/C23H26Cl2N2O5/c1-30-20-5-3-16(11-21(20)31-2)23(29)26-13-15-7-9-27(10-8-15)22(28)14-32-19-6-4-17(24)12-18(19)25/h3-6,11-12,15H,7-10,13-14H2,1-2H3,(H,26,29). The summed E-state index contributed by atoms with van der Waals surface area (Å²) in [6.07, 6.45) is 1.61. The zero-order valence-corrected chi connectivity index (χ0v) is 19.5. The molecule has 9 heteroatoms. The molecule has 32 heavy (non-hydrogen) atoms. The van der Waals surface area contributed by atoms with Crippen molar-refractivity contribution in [1.82, 2.24) is 10.2 Å². The SMILES string of the molecule is COc1ccc(C(=O)NCC2CCN(C(=O)COc3ccc(Cl)cc3Cl)CC2)cc1OC. The van der Waals surface area contributed by atoms with Crippen molar-refractivity contribution in [3.05, 3.63) is 52.0 Å². The number of hydrogen-bond donors (Lipinski definition) is 1. The summed E-state index contributed by atoms with van der Waals surface area (Å²) < 4.78 is 16.0. The molecule has 2 aromatic carbocycles. The van der Waals surface area contributed by atoms with Crippen molar-refractivity contribution in [2.24, 2.45) is 5.92 Å². The van der Waals surface area contributed by atoms with Crippen molar-refractivity contribution in [3.63, 3.8) is 0 Å². The van der Waals surface area contributed by atoms with Gasteiger partial charge in [-0.15, -0.1) is 0 Å². The molecule has 0 aliphatic carbocycles. The normalized spacial score (nSPS) is 14.1. The van der Waals surface area contributed by atoms with Gasteiger partial charge in [-0.25, -0.2) is 0 Å². The first-order valence-corrected chi connectivity index (χ1v) is 11.0. The number of rotatable bonds is 8. The maximum Gasteiger partial charge on any atom is 0.260 e. The Labute approximate surface area is 197 Å². The Kier molecular flexibility index (Phi) is 8.47. The van der Waals surface area contributed by atoms with E-state index in [0.29, 0.717) is 58.4 Å². The number of amides is 2. The molecule has 0 spiro atoms. The van der Waals surface area contributed by atoms with Gasteiger partial charge in [0.15, 0.2) is 18.1 Å². The van der Waals surface area contributed by atoms with Crippen LogP contribution in [0.3, 0.4) is 0 Å². The number of methoxy groups -OCH3 is 2. The van der Waals surface area contributed by atoms with Crippen LogP contribution in [0.2, 0.25) is 10.0 Å². The Morgan fingerprint density at radius 2 is 1.69 bits per heavy atom. The second kappa shape index (κ2) is 11.3. The third kappa shape index (κ3) is 6.20. The Bertz CT molecular complexity index is 961. The summed E-state index contributed by atoms with van der Waals surface area (Å²) >= 11 is 11.9. The molecule has 172 valence electrons. The van der Waals surface area contributed by atoms with Crippen LogP contribution in [0.5, 0.6) is 17.2 Å². The van der Waals surface area contributed by atoms with Crippen LogP contribution in [-0.2, 0) is 4.79 Å². The predicted molar refractivity (Wildman–Crippen MR) is 123 cm³/mol. The van der Waals surface area contributed by atoms with Crippen LogP contribution >= 0.6 is 23.2 Å². The fourth-order valence-electron chi connectivity index (χ4n) is 3.53. The Morgan fingerprint density at radius 1 is 1.00 bits per heavy atom. The van der Waals surface area contributed by atoms with Gasteiger partial charge >= 0.3 is 0 Å². The number of halogens is 2. The third-order valence-corrected chi connectivity index (χ3v) is 5.94. The van der Waals surface area contributed by atoms with E-state index >= 15 is 0 Å². The van der Waals surface area contributed by atoms with Gasteiger partial charge in [-0.1, -0.05) is 23.2 Å². The molecule has 0 saturated carbocycles. The molecule has 0 atom stereocenters. The van der Waals surface area contributed by atoms with E-state index in [1.165, 1.54) is 7.11 Å². The molecule has 0 unspecified atom stereocenters. The summed E-state index contributed by atoms with van der Waals surface area (Å²) in [5.74, 6) is 1.55. The molecule has 3 rings (SSSR count). The van der Waals surface area contributed by atoms with Crippen molar-refractivity contribution in [2.45, 2.75) is 12.8 Å². The number of nitrogens with zero attached hydrogens (tertiary/aromatic N) is 1. The average Bonchev–Trinajstić information content (AvgIpc) is 2.81. The summed E-state index contributed by atoms with van der Waals surface area (Å²) in [5.41, 5.74) is 0.508. The van der Waals surface area contributed by atoms with Gasteiger partial charge in [0.1, 0.15) is 5.75 Å². The first-order valence-electron chi connectivity index (χ1n) is 10.3. The minimum Gasteiger partial charge on any atom is -0.493 e. The lowest BCUT2D eigenvalue weighted by molar-refractivity contribution is -0.134. The number of nitrogens with one attached hydrogen (secondary N) is 1. The first-order chi connectivity index (χ1) is 15.4. The highest BCUT2D eigenvalue weighted by Crippen LogP contribution is 2.28. The number of hydrogen-bond acceptors (Lipinski definition) is 5. The molecule has 1 aliphatic rings. The van der Waals surface area contributed by atoms with Crippen LogP contribution in [0.1, 0.15) is 23.2 Å². The fraction of sp³-hybridized carbons (Fsp3) is 0.391.